The lowest BCUT2D eigenvalue weighted by atomic mass is 9.65. The summed E-state index contributed by atoms with van der Waals surface area (Å²) in [5.41, 5.74) is 1.61. The number of rotatable bonds is 0. The summed E-state index contributed by atoms with van der Waals surface area (Å²) in [5, 5.41) is 2.35. The first-order chi connectivity index (χ1) is 15.8. The molecule has 5 heterocycles. The van der Waals surface area contributed by atoms with E-state index in [4.69, 9.17) is 4.98 Å². The second-order valence-electron chi connectivity index (χ2n) is 8.92. The monoisotopic (exact) mass is 443 g/mol. The number of pyridine rings is 1. The van der Waals surface area contributed by atoms with E-state index < -0.39 is 29.3 Å². The molecule has 166 valence electrons. The number of carbonyl (C=O) groups excluding carboxylic acids is 3. The fraction of sp³-hybridized carbons (Fsp3) is 0.292. The molecule has 3 aliphatic heterocycles. The maximum absolute atomic E-state index is 13.7. The van der Waals surface area contributed by atoms with Gasteiger partial charge in [0.1, 0.15) is 11.5 Å². The summed E-state index contributed by atoms with van der Waals surface area (Å²) in [6, 6.07) is 9.91. The molecule has 0 bridgehead atoms. The number of imide groups is 2. The number of anilines is 1. The third-order valence-corrected chi connectivity index (χ3v) is 7.22. The summed E-state index contributed by atoms with van der Waals surface area (Å²) < 4.78 is 1.46. The van der Waals surface area contributed by atoms with E-state index in [9.17, 15) is 19.2 Å². The maximum atomic E-state index is 13.7. The summed E-state index contributed by atoms with van der Waals surface area (Å²) in [4.78, 5) is 60.8. The Morgan fingerprint density at radius 3 is 2.70 bits per heavy atom. The number of hydrogen-bond donors (Lipinski definition) is 1. The Bertz CT molecular complexity index is 1460. The first-order valence-electron chi connectivity index (χ1n) is 10.8. The number of aromatic nitrogens is 2. The number of nitrogens with one attached hydrogen (secondary N) is 1. The molecule has 9 heteroatoms. The minimum atomic E-state index is -1.66. The van der Waals surface area contributed by atoms with Crippen LogP contribution in [0.3, 0.4) is 0 Å². The largest absolute Gasteiger partial charge is 0.347 e. The molecule has 4 amide bonds. The Morgan fingerprint density at radius 1 is 1.09 bits per heavy atom. The Labute approximate surface area is 188 Å². The van der Waals surface area contributed by atoms with E-state index in [-0.39, 0.29) is 12.0 Å². The van der Waals surface area contributed by atoms with E-state index in [1.54, 1.807) is 12.3 Å². The smallest absolute Gasteiger partial charge is 0.330 e. The molecule has 3 aromatic rings. The highest BCUT2D eigenvalue weighted by Gasteiger charge is 2.63. The molecule has 9 nitrogen and oxygen atoms in total. The summed E-state index contributed by atoms with van der Waals surface area (Å²) in [6.07, 6.45) is 2.19. The summed E-state index contributed by atoms with van der Waals surface area (Å²) in [6.45, 7) is 2.38. The summed E-state index contributed by atoms with van der Waals surface area (Å²) in [5.74, 6) is -0.788. The van der Waals surface area contributed by atoms with Gasteiger partial charge in [-0.3, -0.25) is 29.0 Å². The van der Waals surface area contributed by atoms with Crippen LogP contribution in [-0.2, 0) is 22.4 Å². The molecule has 2 atom stereocenters. The molecule has 0 radical (unpaired) electrons. The lowest BCUT2D eigenvalue weighted by Crippen LogP contribution is -2.69. The van der Waals surface area contributed by atoms with Crippen LogP contribution in [0.15, 0.2) is 47.4 Å². The van der Waals surface area contributed by atoms with Gasteiger partial charge in [0.2, 0.25) is 11.8 Å². The standard InChI is InChI=1S/C24H21N5O4/c1-13-6-5-10-29-18(13)25-19-16(20(29)30)12-24(21(31)26-23(33)27(2)22(24)32)17-15-8-4-3-7-14(15)9-11-28(17)19/h3-8,10,17H,9,11-12H2,1-2H3,(H,26,31,33)/t17-,24-/m1/s1. The molecule has 1 aromatic carbocycles. The first-order valence-corrected chi connectivity index (χ1v) is 10.8. The molecule has 1 N–H and O–H groups in total. The van der Waals surface area contributed by atoms with Gasteiger partial charge < -0.3 is 4.90 Å². The van der Waals surface area contributed by atoms with Crippen LogP contribution in [0.2, 0.25) is 0 Å². The van der Waals surface area contributed by atoms with Crippen LogP contribution in [0.5, 0.6) is 0 Å². The molecule has 1 fully saturated rings. The van der Waals surface area contributed by atoms with Crippen molar-refractivity contribution in [1.29, 1.82) is 0 Å². The molecule has 1 spiro atoms. The number of nitrogens with zero attached hydrogens (tertiary/aromatic N) is 4. The van der Waals surface area contributed by atoms with Crippen molar-refractivity contribution in [3.8, 4) is 0 Å². The van der Waals surface area contributed by atoms with Gasteiger partial charge in [-0.05, 0) is 36.1 Å². The fourth-order valence-corrected chi connectivity index (χ4v) is 5.60. The van der Waals surface area contributed by atoms with Crippen molar-refractivity contribution in [2.24, 2.45) is 5.41 Å². The van der Waals surface area contributed by atoms with Gasteiger partial charge in [-0.1, -0.05) is 30.3 Å². The Kier molecular flexibility index (Phi) is 3.87. The normalized spacial score (nSPS) is 23.9. The number of urea groups is 1. The maximum Gasteiger partial charge on any atom is 0.330 e. The van der Waals surface area contributed by atoms with Crippen LogP contribution in [0.1, 0.15) is 28.3 Å². The van der Waals surface area contributed by atoms with Crippen LogP contribution in [0.4, 0.5) is 10.6 Å². The van der Waals surface area contributed by atoms with Gasteiger partial charge in [0, 0.05) is 26.2 Å². The lowest BCUT2D eigenvalue weighted by molar-refractivity contribution is -0.153. The molecule has 33 heavy (non-hydrogen) atoms. The van der Waals surface area contributed by atoms with E-state index in [1.165, 1.54) is 11.4 Å². The topological polar surface area (TPSA) is 104 Å². The third kappa shape index (κ3) is 2.39. The van der Waals surface area contributed by atoms with Gasteiger partial charge in [0.15, 0.2) is 5.41 Å². The van der Waals surface area contributed by atoms with Crippen LogP contribution in [0.25, 0.3) is 5.65 Å². The minimum absolute atomic E-state index is 0.136. The van der Waals surface area contributed by atoms with Gasteiger partial charge in [0.25, 0.3) is 5.56 Å². The highest BCUT2D eigenvalue weighted by molar-refractivity contribution is 6.20. The van der Waals surface area contributed by atoms with Crippen LogP contribution >= 0.6 is 0 Å². The van der Waals surface area contributed by atoms with E-state index in [1.807, 2.05) is 42.2 Å². The molecule has 0 unspecified atom stereocenters. The second-order valence-corrected chi connectivity index (χ2v) is 8.92. The highest BCUT2D eigenvalue weighted by atomic mass is 16.2. The van der Waals surface area contributed by atoms with Gasteiger partial charge in [0.05, 0.1) is 11.6 Å². The van der Waals surface area contributed by atoms with Crippen LogP contribution in [0, 0.1) is 12.3 Å². The Morgan fingerprint density at radius 2 is 1.88 bits per heavy atom. The molecule has 6 rings (SSSR count). The van der Waals surface area contributed by atoms with Crippen molar-refractivity contribution in [3.05, 3.63) is 75.2 Å². The number of hydrogen-bond acceptors (Lipinski definition) is 6. The van der Waals surface area contributed by atoms with Crippen molar-refractivity contribution in [3.63, 3.8) is 0 Å². The first kappa shape index (κ1) is 19.7. The average molecular weight is 443 g/mol. The lowest BCUT2D eigenvalue weighted by Gasteiger charge is -2.52. The van der Waals surface area contributed by atoms with E-state index >= 15 is 0 Å². The zero-order valence-corrected chi connectivity index (χ0v) is 18.2. The van der Waals surface area contributed by atoms with Gasteiger partial charge in [-0.25, -0.2) is 9.78 Å². The van der Waals surface area contributed by atoms with Crippen molar-refractivity contribution in [1.82, 2.24) is 19.6 Å². The van der Waals surface area contributed by atoms with Crippen LogP contribution < -0.4 is 15.8 Å². The van der Waals surface area contributed by atoms with Crippen LogP contribution in [-0.4, -0.2) is 45.7 Å². The van der Waals surface area contributed by atoms with E-state index in [0.29, 0.717) is 30.0 Å². The quantitative estimate of drug-likeness (QED) is 0.526. The van der Waals surface area contributed by atoms with E-state index in [2.05, 4.69) is 5.32 Å². The number of amides is 4. The number of barbiturate groups is 1. The van der Waals surface area contributed by atoms with Crippen molar-refractivity contribution in [2.75, 3.05) is 18.5 Å². The summed E-state index contributed by atoms with van der Waals surface area (Å²) >= 11 is 0. The van der Waals surface area contributed by atoms with Gasteiger partial charge in [-0.2, -0.15) is 0 Å². The van der Waals surface area contributed by atoms with Crippen molar-refractivity contribution >= 4 is 29.3 Å². The minimum Gasteiger partial charge on any atom is -0.347 e. The Balaban J connectivity index is 1.70. The fourth-order valence-electron chi connectivity index (χ4n) is 5.60. The van der Waals surface area contributed by atoms with Gasteiger partial charge in [-0.15, -0.1) is 0 Å². The molecular formula is C24H21N5O4. The predicted molar refractivity (Wildman–Crippen MR) is 119 cm³/mol. The van der Waals surface area contributed by atoms with Crippen molar-refractivity contribution in [2.45, 2.75) is 25.8 Å². The molecule has 1 saturated heterocycles. The Hall–Kier alpha value is -4.01. The number of aryl methyl sites for hydroxylation is 1. The molecule has 3 aliphatic rings. The molecule has 0 saturated carbocycles. The third-order valence-electron chi connectivity index (χ3n) is 7.22. The van der Waals surface area contributed by atoms with E-state index in [0.717, 1.165) is 21.6 Å². The number of fused-ring (bicyclic) bond motifs is 7. The summed E-state index contributed by atoms with van der Waals surface area (Å²) in [7, 11) is 1.36. The zero-order chi connectivity index (χ0) is 23.1. The molecule has 2 aromatic heterocycles. The second kappa shape index (κ2) is 6.50. The highest BCUT2D eigenvalue weighted by Crippen LogP contribution is 2.52. The zero-order valence-electron chi connectivity index (χ0n) is 18.2. The SMILES string of the molecule is Cc1cccn2c(=O)c3c(nc12)N1CCc2ccccc2[C@@H]1[C@]1(C3)C(=O)NC(=O)N(C)C1=O. The molecular weight excluding hydrogens is 422 g/mol. The number of benzene rings is 1. The van der Waals surface area contributed by atoms with Crippen molar-refractivity contribution < 1.29 is 14.4 Å². The number of carbonyl (C=O) groups is 3. The predicted octanol–water partition coefficient (Wildman–Crippen LogP) is 1.36. The van der Waals surface area contributed by atoms with Gasteiger partial charge >= 0.3 is 6.03 Å². The average Bonchev–Trinajstić information content (AvgIpc) is 2.82. The molecule has 0 aliphatic carbocycles.